The first kappa shape index (κ1) is 13.9. The van der Waals surface area contributed by atoms with Crippen LogP contribution in [0.3, 0.4) is 0 Å². The molecule has 0 spiro atoms. The number of nitrogens with zero attached hydrogens (tertiary/aromatic N) is 1. The highest BCUT2D eigenvalue weighted by molar-refractivity contribution is 6.32. The molecule has 0 radical (unpaired) electrons. The Balaban J connectivity index is 2.05. The predicted octanol–water partition coefficient (Wildman–Crippen LogP) is 3.24. The summed E-state index contributed by atoms with van der Waals surface area (Å²) in [6.07, 6.45) is 0.338. The Morgan fingerprint density at radius 3 is 2.95 bits per heavy atom. The summed E-state index contributed by atoms with van der Waals surface area (Å²) >= 11 is 6.29. The zero-order chi connectivity index (χ0) is 15.0. The molecule has 0 unspecified atom stereocenters. The molecule has 0 aliphatic carbocycles. The van der Waals surface area contributed by atoms with Gasteiger partial charge in [-0.2, -0.15) is 5.10 Å². The Labute approximate surface area is 127 Å². The second kappa shape index (κ2) is 5.41. The van der Waals surface area contributed by atoms with Crippen LogP contribution in [0.25, 0.3) is 0 Å². The van der Waals surface area contributed by atoms with Crippen LogP contribution in [0, 0.1) is 6.92 Å². The molecule has 0 bridgehead atoms. The van der Waals surface area contributed by atoms with Crippen molar-refractivity contribution in [1.82, 2.24) is 10.2 Å². The van der Waals surface area contributed by atoms with Crippen LogP contribution >= 0.6 is 11.6 Å². The summed E-state index contributed by atoms with van der Waals surface area (Å²) in [6, 6.07) is 5.71. The van der Waals surface area contributed by atoms with E-state index in [0.717, 1.165) is 28.4 Å². The molecule has 0 saturated carbocycles. The number of halogens is 1. The quantitative estimate of drug-likeness (QED) is 0.914. The molecule has 1 amide bonds. The van der Waals surface area contributed by atoms with Gasteiger partial charge in [-0.05, 0) is 25.5 Å². The molecule has 1 aromatic carbocycles. The van der Waals surface area contributed by atoms with Gasteiger partial charge in [0, 0.05) is 24.1 Å². The number of anilines is 1. The maximum Gasteiger partial charge on any atom is 0.225 e. The van der Waals surface area contributed by atoms with Gasteiger partial charge in [-0.15, -0.1) is 0 Å². The molecule has 2 N–H and O–H groups in total. The fourth-order valence-electron chi connectivity index (χ4n) is 2.61. The molecule has 110 valence electrons. The molecular weight excluding hydrogens is 290 g/mol. The number of nitrogens with one attached hydrogen (secondary N) is 2. The summed E-state index contributed by atoms with van der Waals surface area (Å²) < 4.78 is 5.48. The molecule has 3 rings (SSSR count). The molecule has 1 aromatic heterocycles. The largest absolute Gasteiger partial charge is 0.494 e. The standard InChI is InChI=1S/C15H16ClN3O2/c1-3-21-9-4-5-10-11(7-13(20)17-12(10)6-9)15-14(16)8(2)18-19-15/h4-6,11H,3,7H2,1-2H3,(H,17,20)(H,18,19)/t11-/m0/s1. The number of rotatable bonds is 3. The summed E-state index contributed by atoms with van der Waals surface area (Å²) in [5, 5.41) is 10.6. The van der Waals surface area contributed by atoms with Gasteiger partial charge in [0.25, 0.3) is 0 Å². The zero-order valence-electron chi connectivity index (χ0n) is 11.9. The number of aromatic amines is 1. The van der Waals surface area contributed by atoms with Gasteiger partial charge in [-0.25, -0.2) is 0 Å². The van der Waals surface area contributed by atoms with Gasteiger partial charge >= 0.3 is 0 Å². The van der Waals surface area contributed by atoms with E-state index in [0.29, 0.717) is 18.1 Å². The van der Waals surface area contributed by atoms with Crippen molar-refractivity contribution in [3.05, 3.63) is 40.2 Å². The summed E-state index contributed by atoms with van der Waals surface area (Å²) in [5.41, 5.74) is 3.30. The average Bonchev–Trinajstić information content (AvgIpc) is 2.78. The van der Waals surface area contributed by atoms with E-state index in [9.17, 15) is 4.79 Å². The molecular formula is C15H16ClN3O2. The highest BCUT2D eigenvalue weighted by Gasteiger charge is 2.30. The number of aryl methyl sites for hydroxylation is 1. The first-order valence-electron chi connectivity index (χ1n) is 6.87. The third kappa shape index (κ3) is 2.49. The van der Waals surface area contributed by atoms with E-state index in [1.165, 1.54) is 0 Å². The lowest BCUT2D eigenvalue weighted by Gasteiger charge is -2.25. The Morgan fingerprint density at radius 2 is 2.29 bits per heavy atom. The van der Waals surface area contributed by atoms with Crippen molar-refractivity contribution >= 4 is 23.2 Å². The first-order valence-corrected chi connectivity index (χ1v) is 7.25. The number of ether oxygens (including phenoxy) is 1. The highest BCUT2D eigenvalue weighted by Crippen LogP contribution is 2.40. The fourth-order valence-corrected chi connectivity index (χ4v) is 2.83. The summed E-state index contributed by atoms with van der Waals surface area (Å²) in [7, 11) is 0. The molecule has 1 aliphatic heterocycles. The van der Waals surface area contributed by atoms with E-state index in [-0.39, 0.29) is 11.8 Å². The van der Waals surface area contributed by atoms with E-state index in [2.05, 4.69) is 15.5 Å². The molecule has 0 saturated heterocycles. The SMILES string of the molecule is CCOc1ccc2c(c1)NC(=O)C[C@@H]2c1n[nH]c(C)c1Cl. The van der Waals surface area contributed by atoms with Gasteiger partial charge in [0.1, 0.15) is 5.75 Å². The van der Waals surface area contributed by atoms with Crippen molar-refractivity contribution in [1.29, 1.82) is 0 Å². The molecule has 6 heteroatoms. The van der Waals surface area contributed by atoms with Crippen molar-refractivity contribution in [2.45, 2.75) is 26.2 Å². The third-order valence-electron chi connectivity index (χ3n) is 3.60. The average molecular weight is 306 g/mol. The van der Waals surface area contributed by atoms with E-state index in [1.54, 1.807) is 0 Å². The minimum Gasteiger partial charge on any atom is -0.494 e. The number of amides is 1. The maximum atomic E-state index is 12.0. The van der Waals surface area contributed by atoms with E-state index in [1.807, 2.05) is 32.0 Å². The van der Waals surface area contributed by atoms with E-state index < -0.39 is 0 Å². The zero-order valence-corrected chi connectivity index (χ0v) is 12.6. The van der Waals surface area contributed by atoms with Crippen LogP contribution in [-0.2, 0) is 4.79 Å². The topological polar surface area (TPSA) is 67.0 Å². The van der Waals surface area contributed by atoms with Gasteiger partial charge < -0.3 is 10.1 Å². The highest BCUT2D eigenvalue weighted by atomic mass is 35.5. The number of hydrogen-bond donors (Lipinski definition) is 2. The van der Waals surface area contributed by atoms with Gasteiger partial charge in [-0.3, -0.25) is 9.89 Å². The van der Waals surface area contributed by atoms with Gasteiger partial charge in [0.15, 0.2) is 0 Å². The van der Waals surface area contributed by atoms with Crippen LogP contribution in [0.1, 0.15) is 36.2 Å². The Hall–Kier alpha value is -2.01. The number of aromatic nitrogens is 2. The van der Waals surface area contributed by atoms with E-state index in [4.69, 9.17) is 16.3 Å². The normalized spacial score (nSPS) is 17.3. The molecule has 1 aliphatic rings. The molecule has 2 aromatic rings. The number of fused-ring (bicyclic) bond motifs is 1. The fraction of sp³-hybridized carbons (Fsp3) is 0.333. The van der Waals surface area contributed by atoms with Crippen molar-refractivity contribution in [3.63, 3.8) is 0 Å². The lowest BCUT2D eigenvalue weighted by Crippen LogP contribution is -2.24. The van der Waals surface area contributed by atoms with Crippen molar-refractivity contribution < 1.29 is 9.53 Å². The van der Waals surface area contributed by atoms with Crippen LogP contribution in [0.4, 0.5) is 5.69 Å². The lowest BCUT2D eigenvalue weighted by molar-refractivity contribution is -0.116. The predicted molar refractivity (Wildman–Crippen MR) is 81.0 cm³/mol. The molecule has 21 heavy (non-hydrogen) atoms. The maximum absolute atomic E-state index is 12.0. The monoisotopic (exact) mass is 305 g/mol. The smallest absolute Gasteiger partial charge is 0.225 e. The minimum atomic E-state index is -0.137. The molecule has 0 fully saturated rings. The van der Waals surface area contributed by atoms with Crippen LogP contribution in [0.15, 0.2) is 18.2 Å². The third-order valence-corrected chi connectivity index (χ3v) is 4.08. The molecule has 5 nitrogen and oxygen atoms in total. The van der Waals surface area contributed by atoms with Crippen molar-refractivity contribution in [3.8, 4) is 5.75 Å². The van der Waals surface area contributed by atoms with Crippen LogP contribution in [0.5, 0.6) is 5.75 Å². The van der Waals surface area contributed by atoms with Crippen molar-refractivity contribution in [2.75, 3.05) is 11.9 Å². The Morgan fingerprint density at radius 1 is 1.48 bits per heavy atom. The first-order chi connectivity index (χ1) is 10.1. The Kier molecular flexibility index (Phi) is 3.59. The van der Waals surface area contributed by atoms with Crippen molar-refractivity contribution in [2.24, 2.45) is 0 Å². The van der Waals surface area contributed by atoms with Crippen LogP contribution in [0.2, 0.25) is 5.02 Å². The van der Waals surface area contributed by atoms with Gasteiger partial charge in [-0.1, -0.05) is 17.7 Å². The van der Waals surface area contributed by atoms with Gasteiger partial charge in [0.05, 0.1) is 23.0 Å². The van der Waals surface area contributed by atoms with Gasteiger partial charge in [0.2, 0.25) is 5.91 Å². The molecule has 2 heterocycles. The lowest BCUT2D eigenvalue weighted by atomic mass is 9.87. The minimum absolute atomic E-state index is 0.0436. The van der Waals surface area contributed by atoms with E-state index >= 15 is 0 Å². The number of hydrogen-bond acceptors (Lipinski definition) is 3. The van der Waals surface area contributed by atoms with Crippen LogP contribution < -0.4 is 10.1 Å². The number of benzene rings is 1. The van der Waals surface area contributed by atoms with Crippen LogP contribution in [-0.4, -0.2) is 22.7 Å². The second-order valence-electron chi connectivity index (χ2n) is 5.03. The summed E-state index contributed by atoms with van der Waals surface area (Å²) in [6.45, 7) is 4.37. The summed E-state index contributed by atoms with van der Waals surface area (Å²) in [5.74, 6) is 0.557. The number of H-pyrrole nitrogens is 1. The number of carbonyl (C=O) groups is 1. The molecule has 1 atom stereocenters. The number of carbonyl (C=O) groups excluding carboxylic acids is 1. The Bertz CT molecular complexity index is 696. The second-order valence-corrected chi connectivity index (χ2v) is 5.41. The summed E-state index contributed by atoms with van der Waals surface area (Å²) in [4.78, 5) is 12.0.